The number of aryl methyl sites for hydroxylation is 3. The lowest BCUT2D eigenvalue weighted by atomic mass is 10.1. The van der Waals surface area contributed by atoms with Crippen molar-refractivity contribution >= 4 is 23.5 Å². The molecule has 8 heteroatoms. The summed E-state index contributed by atoms with van der Waals surface area (Å²) in [4.78, 5) is 36.9. The summed E-state index contributed by atoms with van der Waals surface area (Å²) in [5, 5.41) is 3.32. The molecule has 0 spiro atoms. The summed E-state index contributed by atoms with van der Waals surface area (Å²) < 4.78 is 5.02. The molecule has 8 nitrogen and oxygen atoms in total. The second kappa shape index (κ2) is 8.89. The molecule has 154 valence electrons. The number of nitrogens with zero attached hydrogens (tertiary/aromatic N) is 4. The molecule has 2 aromatic rings. The number of hydrogen-bond donors (Lipinski definition) is 1. The van der Waals surface area contributed by atoms with Gasteiger partial charge in [0.25, 0.3) is 5.91 Å². The van der Waals surface area contributed by atoms with Gasteiger partial charge in [0.1, 0.15) is 17.3 Å². The van der Waals surface area contributed by atoms with Crippen LogP contribution in [0.3, 0.4) is 0 Å². The lowest BCUT2D eigenvalue weighted by Crippen LogP contribution is -2.50. The molecule has 0 saturated carbocycles. The van der Waals surface area contributed by atoms with Gasteiger partial charge >= 0.3 is 6.09 Å². The molecule has 1 N–H and O–H groups in total. The molecule has 1 aliphatic rings. The fourth-order valence-electron chi connectivity index (χ4n) is 3.35. The van der Waals surface area contributed by atoms with Gasteiger partial charge in [0.05, 0.1) is 6.61 Å². The minimum atomic E-state index is -0.336. The molecule has 0 aliphatic carbocycles. The summed E-state index contributed by atoms with van der Waals surface area (Å²) in [5.74, 6) is 0.946. The highest BCUT2D eigenvalue weighted by Crippen LogP contribution is 2.24. The van der Waals surface area contributed by atoms with Crippen LogP contribution in [0.1, 0.15) is 34.4 Å². The van der Waals surface area contributed by atoms with Crippen LogP contribution in [0.15, 0.2) is 24.3 Å². The van der Waals surface area contributed by atoms with Gasteiger partial charge in [-0.3, -0.25) is 4.79 Å². The number of nitrogens with one attached hydrogen (secondary N) is 1. The maximum Gasteiger partial charge on any atom is 0.409 e. The van der Waals surface area contributed by atoms with E-state index in [-0.39, 0.29) is 12.0 Å². The smallest absolute Gasteiger partial charge is 0.409 e. The lowest BCUT2D eigenvalue weighted by molar-refractivity contribution is 0.0565. The summed E-state index contributed by atoms with van der Waals surface area (Å²) in [6.07, 6.45) is -0.336. The first-order valence-electron chi connectivity index (χ1n) is 9.79. The maximum absolute atomic E-state index is 13.0. The molecule has 0 radical (unpaired) electrons. The molecule has 0 atom stereocenters. The van der Waals surface area contributed by atoms with E-state index in [1.54, 1.807) is 29.7 Å². The summed E-state index contributed by atoms with van der Waals surface area (Å²) in [7, 11) is 0. The van der Waals surface area contributed by atoms with Crippen LogP contribution >= 0.6 is 0 Å². The molecular weight excluding hydrogens is 370 g/mol. The molecule has 3 rings (SSSR count). The summed E-state index contributed by atoms with van der Waals surface area (Å²) in [6, 6.07) is 7.74. The number of benzene rings is 1. The average molecular weight is 397 g/mol. The number of amides is 2. The van der Waals surface area contributed by atoms with Crippen LogP contribution in [0.25, 0.3) is 0 Å². The van der Waals surface area contributed by atoms with Gasteiger partial charge in [-0.05, 0) is 38.8 Å². The van der Waals surface area contributed by atoms with Gasteiger partial charge in [0.2, 0.25) is 0 Å². The Morgan fingerprint density at radius 1 is 1.03 bits per heavy atom. The van der Waals surface area contributed by atoms with Gasteiger partial charge in [-0.25, -0.2) is 14.8 Å². The third-order valence-electron chi connectivity index (χ3n) is 4.88. The second-order valence-electron chi connectivity index (χ2n) is 7.06. The third kappa shape index (κ3) is 4.82. The van der Waals surface area contributed by atoms with E-state index >= 15 is 0 Å². The van der Waals surface area contributed by atoms with Crippen LogP contribution in [-0.4, -0.2) is 64.6 Å². The number of rotatable bonds is 4. The van der Waals surface area contributed by atoms with Crippen LogP contribution in [0, 0.1) is 20.8 Å². The predicted octanol–water partition coefficient (Wildman–Crippen LogP) is 3.06. The van der Waals surface area contributed by atoms with Crippen molar-refractivity contribution in [3.05, 3.63) is 46.9 Å². The largest absolute Gasteiger partial charge is 0.450 e. The van der Waals surface area contributed by atoms with E-state index < -0.39 is 0 Å². The van der Waals surface area contributed by atoms with Crippen LogP contribution in [0.4, 0.5) is 16.3 Å². The molecule has 1 saturated heterocycles. The van der Waals surface area contributed by atoms with E-state index in [9.17, 15) is 9.59 Å². The Morgan fingerprint density at radius 2 is 1.66 bits per heavy atom. The van der Waals surface area contributed by atoms with Gasteiger partial charge in [0, 0.05) is 37.9 Å². The molecule has 0 bridgehead atoms. The monoisotopic (exact) mass is 397 g/mol. The Morgan fingerprint density at radius 3 is 2.28 bits per heavy atom. The molecule has 1 aromatic carbocycles. The minimum absolute atomic E-state index is 0.163. The number of hydrogen-bond acceptors (Lipinski definition) is 6. The van der Waals surface area contributed by atoms with Crippen molar-refractivity contribution in [2.45, 2.75) is 27.7 Å². The third-order valence-corrected chi connectivity index (χ3v) is 4.88. The fraction of sp³-hybridized carbons (Fsp3) is 0.429. The minimum Gasteiger partial charge on any atom is -0.450 e. The maximum atomic E-state index is 13.0. The quantitative estimate of drug-likeness (QED) is 0.853. The van der Waals surface area contributed by atoms with E-state index in [0.29, 0.717) is 50.1 Å². The van der Waals surface area contributed by atoms with E-state index in [2.05, 4.69) is 15.3 Å². The summed E-state index contributed by atoms with van der Waals surface area (Å²) >= 11 is 0. The molecular formula is C21H27N5O3. The topological polar surface area (TPSA) is 87.7 Å². The number of para-hydroxylation sites is 1. The summed E-state index contributed by atoms with van der Waals surface area (Å²) in [6.45, 7) is 9.72. The number of ether oxygens (including phenoxy) is 1. The van der Waals surface area contributed by atoms with E-state index in [1.165, 1.54) is 0 Å². The number of anilines is 2. The van der Waals surface area contributed by atoms with E-state index in [0.717, 1.165) is 16.8 Å². The Balaban J connectivity index is 1.73. The normalized spacial score (nSPS) is 13.9. The van der Waals surface area contributed by atoms with Crippen LogP contribution in [0.2, 0.25) is 0 Å². The first-order valence-corrected chi connectivity index (χ1v) is 9.79. The standard InChI is InChI=1S/C21H27N5O3/c1-5-29-21(28)26-11-9-25(10-12-26)20(27)17-13-18(23-16(4)22-17)24-19-14(2)7-6-8-15(19)3/h6-8,13H,5,9-12H2,1-4H3,(H,22,23,24). The van der Waals surface area contributed by atoms with Gasteiger partial charge in [0.15, 0.2) is 0 Å². The van der Waals surface area contributed by atoms with E-state index in [1.807, 2.05) is 32.0 Å². The van der Waals surface area contributed by atoms with Gasteiger partial charge in [-0.1, -0.05) is 18.2 Å². The molecule has 0 unspecified atom stereocenters. The Bertz CT molecular complexity index is 887. The van der Waals surface area contributed by atoms with Crippen molar-refractivity contribution in [3.63, 3.8) is 0 Å². The zero-order valence-corrected chi connectivity index (χ0v) is 17.4. The number of carbonyl (C=O) groups excluding carboxylic acids is 2. The molecule has 29 heavy (non-hydrogen) atoms. The molecule has 2 amide bonds. The van der Waals surface area contributed by atoms with Gasteiger partial charge in [-0.15, -0.1) is 0 Å². The van der Waals surface area contributed by atoms with Crippen molar-refractivity contribution < 1.29 is 14.3 Å². The van der Waals surface area contributed by atoms with Crippen molar-refractivity contribution in [2.75, 3.05) is 38.1 Å². The first kappa shape index (κ1) is 20.6. The highest BCUT2D eigenvalue weighted by Gasteiger charge is 2.26. The molecule has 1 aliphatic heterocycles. The summed E-state index contributed by atoms with van der Waals surface area (Å²) in [5.41, 5.74) is 3.52. The van der Waals surface area contributed by atoms with Crippen molar-refractivity contribution in [1.29, 1.82) is 0 Å². The van der Waals surface area contributed by atoms with Crippen LogP contribution in [0.5, 0.6) is 0 Å². The molecule has 2 heterocycles. The van der Waals surface area contributed by atoms with E-state index in [4.69, 9.17) is 4.74 Å². The number of aromatic nitrogens is 2. The van der Waals surface area contributed by atoms with Crippen LogP contribution < -0.4 is 5.32 Å². The number of piperazine rings is 1. The predicted molar refractivity (Wildman–Crippen MR) is 110 cm³/mol. The van der Waals surface area contributed by atoms with Crippen molar-refractivity contribution in [1.82, 2.24) is 19.8 Å². The fourth-order valence-corrected chi connectivity index (χ4v) is 3.35. The lowest BCUT2D eigenvalue weighted by Gasteiger charge is -2.33. The first-order chi connectivity index (χ1) is 13.9. The highest BCUT2D eigenvalue weighted by atomic mass is 16.6. The highest BCUT2D eigenvalue weighted by molar-refractivity contribution is 5.93. The van der Waals surface area contributed by atoms with Crippen molar-refractivity contribution in [3.8, 4) is 0 Å². The Labute approximate surface area is 170 Å². The number of carbonyl (C=O) groups is 2. The average Bonchev–Trinajstić information content (AvgIpc) is 2.70. The van der Waals surface area contributed by atoms with Crippen LogP contribution in [-0.2, 0) is 4.74 Å². The SMILES string of the molecule is CCOC(=O)N1CCN(C(=O)c2cc(Nc3c(C)cccc3C)nc(C)n2)CC1. The Hall–Kier alpha value is -3.16. The second-order valence-corrected chi connectivity index (χ2v) is 7.06. The van der Waals surface area contributed by atoms with Gasteiger partial charge < -0.3 is 19.9 Å². The van der Waals surface area contributed by atoms with Crippen molar-refractivity contribution in [2.24, 2.45) is 0 Å². The molecule has 1 fully saturated rings. The zero-order chi connectivity index (χ0) is 21.0. The molecule has 1 aromatic heterocycles. The Kier molecular flexibility index (Phi) is 6.31. The zero-order valence-electron chi connectivity index (χ0n) is 17.4. The van der Waals surface area contributed by atoms with Gasteiger partial charge in [-0.2, -0.15) is 0 Å².